The molecule has 0 aliphatic rings. The van der Waals surface area contributed by atoms with E-state index in [1.165, 1.54) is 16.7 Å². The van der Waals surface area contributed by atoms with E-state index in [1.807, 2.05) is 24.3 Å². The molecule has 2 nitrogen and oxygen atoms in total. The third kappa shape index (κ3) is 5.72. The Kier molecular flexibility index (Phi) is 7.92. The topological polar surface area (TPSA) is 29.5 Å². The number of aliphatic hydroxyl groups is 1. The highest BCUT2D eigenvalue weighted by molar-refractivity contribution is 6.17. The molecule has 1 atom stereocenters. The van der Waals surface area contributed by atoms with Crippen molar-refractivity contribution >= 4 is 11.6 Å². The van der Waals surface area contributed by atoms with Crippen molar-refractivity contribution in [2.24, 2.45) is 0 Å². The quantitative estimate of drug-likeness (QED) is 0.450. The fraction of sp³-hybridized carbons (Fsp3) is 0.455. The first kappa shape index (κ1) is 20.7. The predicted octanol–water partition coefficient (Wildman–Crippen LogP) is 5.28. The lowest BCUT2D eigenvalue weighted by Crippen LogP contribution is -2.20. The SMILES string of the molecule is CC(C)(c1ccc(CCCCCl)cc1)c1ccc(OCC(O)CF)cc1. The van der Waals surface area contributed by atoms with Gasteiger partial charge < -0.3 is 9.84 Å². The maximum absolute atomic E-state index is 12.3. The molecule has 0 aliphatic heterocycles. The Morgan fingerprint density at radius 2 is 1.58 bits per heavy atom. The number of rotatable bonds is 10. The minimum absolute atomic E-state index is 0.0373. The largest absolute Gasteiger partial charge is 0.491 e. The molecule has 1 unspecified atom stereocenters. The van der Waals surface area contributed by atoms with Crippen LogP contribution >= 0.6 is 11.6 Å². The number of halogens is 2. The van der Waals surface area contributed by atoms with Gasteiger partial charge in [-0.3, -0.25) is 0 Å². The van der Waals surface area contributed by atoms with Gasteiger partial charge in [0.15, 0.2) is 0 Å². The zero-order valence-corrected chi connectivity index (χ0v) is 16.3. The van der Waals surface area contributed by atoms with Crippen molar-refractivity contribution in [2.75, 3.05) is 19.2 Å². The first-order chi connectivity index (χ1) is 12.5. The van der Waals surface area contributed by atoms with Crippen LogP contribution in [0.1, 0.15) is 43.4 Å². The van der Waals surface area contributed by atoms with E-state index in [1.54, 1.807) is 0 Å². The van der Waals surface area contributed by atoms with Gasteiger partial charge >= 0.3 is 0 Å². The molecule has 0 amide bonds. The van der Waals surface area contributed by atoms with Gasteiger partial charge in [0.25, 0.3) is 0 Å². The molecule has 0 saturated carbocycles. The Bertz CT molecular complexity index is 653. The van der Waals surface area contributed by atoms with Crippen LogP contribution in [0.2, 0.25) is 0 Å². The van der Waals surface area contributed by atoms with Crippen LogP contribution in [0, 0.1) is 0 Å². The molecule has 1 N–H and O–H groups in total. The molecule has 142 valence electrons. The first-order valence-corrected chi connectivity index (χ1v) is 9.63. The number of aliphatic hydroxyl groups excluding tert-OH is 1. The average Bonchev–Trinajstić information content (AvgIpc) is 2.67. The average molecular weight is 379 g/mol. The number of alkyl halides is 2. The Morgan fingerprint density at radius 1 is 1.00 bits per heavy atom. The van der Waals surface area contributed by atoms with E-state index in [4.69, 9.17) is 16.3 Å². The third-order valence-electron chi connectivity index (χ3n) is 4.72. The van der Waals surface area contributed by atoms with Gasteiger partial charge in [-0.15, -0.1) is 11.6 Å². The van der Waals surface area contributed by atoms with E-state index in [9.17, 15) is 9.50 Å². The highest BCUT2D eigenvalue weighted by Gasteiger charge is 2.23. The van der Waals surface area contributed by atoms with Crippen molar-refractivity contribution in [3.05, 3.63) is 65.2 Å². The summed E-state index contributed by atoms with van der Waals surface area (Å²) >= 11 is 5.74. The maximum atomic E-state index is 12.3. The number of unbranched alkanes of at least 4 members (excludes halogenated alkanes) is 1. The third-order valence-corrected chi connectivity index (χ3v) is 4.99. The molecule has 0 radical (unpaired) electrons. The summed E-state index contributed by atoms with van der Waals surface area (Å²) in [5, 5.41) is 9.24. The summed E-state index contributed by atoms with van der Waals surface area (Å²) in [6, 6.07) is 16.5. The second kappa shape index (κ2) is 9.94. The van der Waals surface area contributed by atoms with Crippen LogP contribution in [0.3, 0.4) is 0 Å². The first-order valence-electron chi connectivity index (χ1n) is 9.10. The van der Waals surface area contributed by atoms with E-state index >= 15 is 0 Å². The molecular weight excluding hydrogens is 351 g/mol. The van der Waals surface area contributed by atoms with Gasteiger partial charge in [-0.2, -0.15) is 0 Å². The predicted molar refractivity (Wildman–Crippen MR) is 106 cm³/mol. The molecule has 0 bridgehead atoms. The van der Waals surface area contributed by atoms with E-state index in [2.05, 4.69) is 38.1 Å². The number of benzene rings is 2. The Labute approximate surface area is 161 Å². The number of hydrogen-bond donors (Lipinski definition) is 1. The van der Waals surface area contributed by atoms with Crippen LogP contribution in [0.5, 0.6) is 5.75 Å². The lowest BCUT2D eigenvalue weighted by atomic mass is 9.78. The van der Waals surface area contributed by atoms with Gasteiger partial charge in [0.05, 0.1) is 0 Å². The highest BCUT2D eigenvalue weighted by atomic mass is 35.5. The second-order valence-corrected chi connectivity index (χ2v) is 7.49. The molecule has 0 fully saturated rings. The van der Waals surface area contributed by atoms with Crippen molar-refractivity contribution in [3.8, 4) is 5.75 Å². The summed E-state index contributed by atoms with van der Waals surface area (Å²) in [6.45, 7) is 3.55. The molecule has 26 heavy (non-hydrogen) atoms. The van der Waals surface area contributed by atoms with E-state index in [-0.39, 0.29) is 12.0 Å². The maximum Gasteiger partial charge on any atom is 0.119 e. The van der Waals surface area contributed by atoms with Gasteiger partial charge in [-0.25, -0.2) is 4.39 Å². The van der Waals surface area contributed by atoms with Crippen molar-refractivity contribution in [1.29, 1.82) is 0 Å². The lowest BCUT2D eigenvalue weighted by Gasteiger charge is -2.26. The smallest absolute Gasteiger partial charge is 0.119 e. The molecule has 2 aromatic carbocycles. The summed E-state index contributed by atoms with van der Waals surface area (Å²) in [5.41, 5.74) is 3.63. The Hall–Kier alpha value is -1.58. The molecule has 0 saturated heterocycles. The number of aryl methyl sites for hydroxylation is 1. The second-order valence-electron chi connectivity index (χ2n) is 7.11. The summed E-state index contributed by atoms with van der Waals surface area (Å²) in [4.78, 5) is 0. The molecular formula is C22H28ClFO2. The van der Waals surface area contributed by atoms with Crippen molar-refractivity contribution in [2.45, 2.75) is 44.6 Å². The van der Waals surface area contributed by atoms with Crippen LogP contribution in [-0.4, -0.2) is 30.4 Å². The van der Waals surface area contributed by atoms with Crippen LogP contribution in [0.25, 0.3) is 0 Å². The monoisotopic (exact) mass is 378 g/mol. The van der Waals surface area contributed by atoms with Gasteiger partial charge in [0.1, 0.15) is 25.1 Å². The van der Waals surface area contributed by atoms with Crippen LogP contribution in [0.4, 0.5) is 4.39 Å². The Morgan fingerprint density at radius 3 is 2.12 bits per heavy atom. The lowest BCUT2D eigenvalue weighted by molar-refractivity contribution is 0.0842. The molecule has 4 heteroatoms. The molecule has 2 aromatic rings. The minimum Gasteiger partial charge on any atom is -0.491 e. The highest BCUT2D eigenvalue weighted by Crippen LogP contribution is 2.32. The van der Waals surface area contributed by atoms with Crippen molar-refractivity contribution < 1.29 is 14.2 Å². The summed E-state index contributed by atoms with van der Waals surface area (Å²) in [6.07, 6.45) is 2.15. The summed E-state index contributed by atoms with van der Waals surface area (Å²) in [7, 11) is 0. The fourth-order valence-electron chi connectivity index (χ4n) is 2.88. The Balaban J connectivity index is 2.04. The molecule has 2 rings (SSSR count). The van der Waals surface area contributed by atoms with Gasteiger partial charge in [0.2, 0.25) is 0 Å². The number of ether oxygens (including phenoxy) is 1. The van der Waals surface area contributed by atoms with Gasteiger partial charge in [0, 0.05) is 11.3 Å². The van der Waals surface area contributed by atoms with E-state index < -0.39 is 12.8 Å². The standard InChI is InChI=1S/C22H28ClFO2/c1-22(2,18-8-6-17(7-9-18)5-3-4-14-23)19-10-12-21(13-11-19)26-16-20(25)15-24/h6-13,20,25H,3-5,14-16H2,1-2H3. The molecule has 0 heterocycles. The van der Waals surface area contributed by atoms with Crippen molar-refractivity contribution in [1.82, 2.24) is 0 Å². The van der Waals surface area contributed by atoms with E-state index in [0.29, 0.717) is 5.75 Å². The molecule has 0 aliphatic carbocycles. The minimum atomic E-state index is -1.07. The molecule has 0 aromatic heterocycles. The van der Waals surface area contributed by atoms with Crippen LogP contribution in [-0.2, 0) is 11.8 Å². The van der Waals surface area contributed by atoms with Gasteiger partial charge in [-0.1, -0.05) is 50.2 Å². The number of hydrogen-bond acceptors (Lipinski definition) is 2. The summed E-state index contributed by atoms with van der Waals surface area (Å²) in [5.74, 6) is 1.35. The zero-order chi connectivity index (χ0) is 19.0. The zero-order valence-electron chi connectivity index (χ0n) is 15.6. The fourth-order valence-corrected chi connectivity index (χ4v) is 3.07. The van der Waals surface area contributed by atoms with Crippen LogP contribution in [0.15, 0.2) is 48.5 Å². The van der Waals surface area contributed by atoms with Crippen molar-refractivity contribution in [3.63, 3.8) is 0 Å². The molecule has 0 spiro atoms. The van der Waals surface area contributed by atoms with Gasteiger partial charge in [-0.05, 0) is 48.1 Å². The van der Waals surface area contributed by atoms with E-state index in [0.717, 1.165) is 25.1 Å². The summed E-state index contributed by atoms with van der Waals surface area (Å²) < 4.78 is 17.7. The normalized spacial score (nSPS) is 12.8. The van der Waals surface area contributed by atoms with Crippen LogP contribution < -0.4 is 4.74 Å².